The fourth-order valence-corrected chi connectivity index (χ4v) is 5.45. The van der Waals surface area contributed by atoms with Gasteiger partial charge in [0.1, 0.15) is 5.82 Å². The van der Waals surface area contributed by atoms with Gasteiger partial charge in [-0.15, -0.1) is 0 Å². The summed E-state index contributed by atoms with van der Waals surface area (Å²) in [6.45, 7) is 0. The Bertz CT molecular complexity index is 1910. The summed E-state index contributed by atoms with van der Waals surface area (Å²) < 4.78 is 17.2. The van der Waals surface area contributed by atoms with Gasteiger partial charge in [0.05, 0.1) is 16.7 Å². The summed E-state index contributed by atoms with van der Waals surface area (Å²) >= 11 is 0. The standard InChI is InChI=1S/C36H25FN2/c37-33-16-8-10-18-36(33)38(28-11-3-1-4-12-28)30-22-19-26(20-23-30)27-21-24-35-32(25-27)31-15-7-9-17-34(31)39(35)29-13-5-2-6-14-29/h1-25H. The van der Waals surface area contributed by atoms with Gasteiger partial charge in [0.15, 0.2) is 0 Å². The molecule has 6 aromatic carbocycles. The highest BCUT2D eigenvalue weighted by Crippen LogP contribution is 2.38. The molecule has 0 bridgehead atoms. The molecule has 0 saturated carbocycles. The van der Waals surface area contributed by atoms with Crippen LogP contribution in [0.4, 0.5) is 21.5 Å². The van der Waals surface area contributed by atoms with Gasteiger partial charge in [-0.2, -0.15) is 0 Å². The second-order valence-corrected chi connectivity index (χ2v) is 9.59. The zero-order valence-electron chi connectivity index (χ0n) is 21.2. The molecule has 0 saturated heterocycles. The Kier molecular flexibility index (Phi) is 5.68. The Morgan fingerprint density at radius 2 is 1.05 bits per heavy atom. The van der Waals surface area contributed by atoms with Crippen LogP contribution in [0.25, 0.3) is 38.6 Å². The van der Waals surface area contributed by atoms with E-state index in [0.717, 1.165) is 28.2 Å². The Labute approximate surface area is 226 Å². The topological polar surface area (TPSA) is 8.17 Å². The molecular weight excluding hydrogens is 479 g/mol. The largest absolute Gasteiger partial charge is 0.309 e. The lowest BCUT2D eigenvalue weighted by Crippen LogP contribution is -2.11. The first-order chi connectivity index (χ1) is 19.3. The number of anilines is 3. The van der Waals surface area contributed by atoms with Crippen LogP contribution in [-0.2, 0) is 0 Å². The molecule has 2 nitrogen and oxygen atoms in total. The van der Waals surface area contributed by atoms with E-state index in [2.05, 4.69) is 95.6 Å². The molecule has 1 aromatic heterocycles. The molecule has 7 aromatic rings. The molecule has 1 heterocycles. The van der Waals surface area contributed by atoms with Gasteiger partial charge in [0, 0.05) is 27.8 Å². The van der Waals surface area contributed by atoms with Crippen molar-refractivity contribution in [1.29, 1.82) is 0 Å². The lowest BCUT2D eigenvalue weighted by Gasteiger charge is -2.26. The normalized spacial score (nSPS) is 11.2. The van der Waals surface area contributed by atoms with Gasteiger partial charge in [0.2, 0.25) is 0 Å². The van der Waals surface area contributed by atoms with Crippen molar-refractivity contribution in [1.82, 2.24) is 4.57 Å². The van der Waals surface area contributed by atoms with Crippen molar-refractivity contribution in [2.45, 2.75) is 0 Å². The first-order valence-corrected chi connectivity index (χ1v) is 13.1. The van der Waals surface area contributed by atoms with E-state index in [-0.39, 0.29) is 5.82 Å². The Hall–Kier alpha value is -5.15. The summed E-state index contributed by atoms with van der Waals surface area (Å²) in [4.78, 5) is 1.95. The summed E-state index contributed by atoms with van der Waals surface area (Å²) in [5.74, 6) is -0.259. The molecule has 0 atom stereocenters. The van der Waals surface area contributed by atoms with Gasteiger partial charge < -0.3 is 9.47 Å². The first-order valence-electron chi connectivity index (χ1n) is 13.1. The summed E-state index contributed by atoms with van der Waals surface area (Å²) in [5.41, 5.74) is 8.09. The minimum absolute atomic E-state index is 0.259. The zero-order chi connectivity index (χ0) is 26.2. The molecule has 0 radical (unpaired) electrons. The molecule has 0 fully saturated rings. The molecule has 0 aliphatic rings. The Balaban J connectivity index is 1.33. The highest BCUT2D eigenvalue weighted by atomic mass is 19.1. The fourth-order valence-electron chi connectivity index (χ4n) is 5.45. The van der Waals surface area contributed by atoms with Gasteiger partial charge in [-0.1, -0.05) is 84.9 Å². The summed E-state index contributed by atoms with van der Waals surface area (Å²) in [6.07, 6.45) is 0. The van der Waals surface area contributed by atoms with E-state index >= 15 is 0 Å². The van der Waals surface area contributed by atoms with Crippen molar-refractivity contribution in [2.75, 3.05) is 4.90 Å². The predicted molar refractivity (Wildman–Crippen MR) is 161 cm³/mol. The number of fused-ring (bicyclic) bond motifs is 3. The average molecular weight is 505 g/mol. The third-order valence-electron chi connectivity index (χ3n) is 7.25. The van der Waals surface area contributed by atoms with Crippen LogP contribution in [0.15, 0.2) is 152 Å². The lowest BCUT2D eigenvalue weighted by atomic mass is 10.0. The van der Waals surface area contributed by atoms with Crippen LogP contribution in [0.2, 0.25) is 0 Å². The quantitative estimate of drug-likeness (QED) is 0.226. The second-order valence-electron chi connectivity index (χ2n) is 9.59. The van der Waals surface area contributed by atoms with Gasteiger partial charge >= 0.3 is 0 Å². The van der Waals surface area contributed by atoms with Crippen LogP contribution in [0, 0.1) is 5.82 Å². The van der Waals surface area contributed by atoms with E-state index in [0.29, 0.717) is 5.69 Å². The van der Waals surface area contributed by atoms with Crippen molar-refractivity contribution < 1.29 is 4.39 Å². The lowest BCUT2D eigenvalue weighted by molar-refractivity contribution is 0.629. The highest BCUT2D eigenvalue weighted by Gasteiger charge is 2.17. The van der Waals surface area contributed by atoms with Crippen molar-refractivity contribution in [3.05, 3.63) is 157 Å². The molecule has 0 amide bonds. The zero-order valence-corrected chi connectivity index (χ0v) is 21.2. The van der Waals surface area contributed by atoms with E-state index < -0.39 is 0 Å². The van der Waals surface area contributed by atoms with Gasteiger partial charge in [0.25, 0.3) is 0 Å². The number of aromatic nitrogens is 1. The van der Waals surface area contributed by atoms with Gasteiger partial charge in [-0.05, 0) is 77.9 Å². The van der Waals surface area contributed by atoms with Crippen molar-refractivity contribution in [3.8, 4) is 16.8 Å². The average Bonchev–Trinajstić information content (AvgIpc) is 3.33. The number of hydrogen-bond donors (Lipinski definition) is 0. The summed E-state index contributed by atoms with van der Waals surface area (Å²) in [7, 11) is 0. The van der Waals surface area contributed by atoms with E-state index in [1.165, 1.54) is 27.9 Å². The maximum Gasteiger partial charge on any atom is 0.147 e. The van der Waals surface area contributed by atoms with E-state index in [9.17, 15) is 4.39 Å². The van der Waals surface area contributed by atoms with E-state index in [1.807, 2.05) is 53.4 Å². The number of benzene rings is 6. The van der Waals surface area contributed by atoms with Crippen molar-refractivity contribution >= 4 is 38.9 Å². The van der Waals surface area contributed by atoms with Crippen LogP contribution < -0.4 is 4.90 Å². The molecule has 0 unspecified atom stereocenters. The Morgan fingerprint density at radius 3 is 1.82 bits per heavy atom. The Morgan fingerprint density at radius 1 is 0.462 bits per heavy atom. The monoisotopic (exact) mass is 504 g/mol. The van der Waals surface area contributed by atoms with Crippen LogP contribution in [0.3, 0.4) is 0 Å². The van der Waals surface area contributed by atoms with Crippen LogP contribution in [0.5, 0.6) is 0 Å². The minimum atomic E-state index is -0.259. The predicted octanol–water partition coefficient (Wildman–Crippen LogP) is 10.1. The number of hydrogen-bond acceptors (Lipinski definition) is 1. The third-order valence-corrected chi connectivity index (χ3v) is 7.25. The molecule has 39 heavy (non-hydrogen) atoms. The molecule has 0 spiro atoms. The molecule has 186 valence electrons. The molecule has 0 aliphatic carbocycles. The molecule has 7 rings (SSSR count). The molecule has 0 aliphatic heterocycles. The second kappa shape index (κ2) is 9.62. The molecule has 3 heteroatoms. The van der Waals surface area contributed by atoms with Crippen molar-refractivity contribution in [3.63, 3.8) is 0 Å². The molecular formula is C36H25FN2. The smallest absolute Gasteiger partial charge is 0.147 e. The van der Waals surface area contributed by atoms with Gasteiger partial charge in [-0.3, -0.25) is 0 Å². The first kappa shape index (κ1) is 23.0. The summed E-state index contributed by atoms with van der Waals surface area (Å²) in [5, 5.41) is 2.44. The van der Waals surface area contributed by atoms with E-state index in [4.69, 9.17) is 0 Å². The van der Waals surface area contributed by atoms with Crippen LogP contribution in [-0.4, -0.2) is 4.57 Å². The number of para-hydroxylation sites is 4. The van der Waals surface area contributed by atoms with Crippen molar-refractivity contribution in [2.24, 2.45) is 0 Å². The van der Waals surface area contributed by atoms with Gasteiger partial charge in [-0.25, -0.2) is 4.39 Å². The third kappa shape index (κ3) is 4.05. The fraction of sp³-hybridized carbons (Fsp3) is 0. The number of rotatable bonds is 5. The van der Waals surface area contributed by atoms with Crippen LogP contribution in [0.1, 0.15) is 0 Å². The van der Waals surface area contributed by atoms with E-state index in [1.54, 1.807) is 6.07 Å². The number of halogens is 1. The maximum absolute atomic E-state index is 14.9. The minimum Gasteiger partial charge on any atom is -0.309 e. The SMILES string of the molecule is Fc1ccccc1N(c1ccccc1)c1ccc(-c2ccc3c(c2)c2ccccc2n3-c2ccccc2)cc1. The highest BCUT2D eigenvalue weighted by molar-refractivity contribution is 6.10. The molecule has 0 N–H and O–H groups in total. The number of nitrogens with zero attached hydrogens (tertiary/aromatic N) is 2. The summed E-state index contributed by atoms with van der Waals surface area (Å²) in [6, 6.07) is 50.9. The van der Waals surface area contributed by atoms with Crippen LogP contribution >= 0.6 is 0 Å². The maximum atomic E-state index is 14.9.